The zero-order chi connectivity index (χ0) is 21.9. The Bertz CT molecular complexity index is 979. The van der Waals surface area contributed by atoms with Gasteiger partial charge in [-0.2, -0.15) is 0 Å². The number of nitrogens with zero attached hydrogens (tertiary/aromatic N) is 1. The van der Waals surface area contributed by atoms with Crippen LogP contribution in [0, 0.1) is 5.92 Å². The molecule has 1 aromatic carbocycles. The van der Waals surface area contributed by atoms with E-state index in [1.165, 1.54) is 10.5 Å². The maximum absolute atomic E-state index is 12.9. The number of hydrogen-bond donors (Lipinski definition) is 3. The van der Waals surface area contributed by atoms with Crippen LogP contribution in [0.3, 0.4) is 0 Å². The van der Waals surface area contributed by atoms with Gasteiger partial charge in [-0.3, -0.25) is 19.8 Å². The van der Waals surface area contributed by atoms with Gasteiger partial charge in [0, 0.05) is 24.5 Å². The number of amides is 2. The molecule has 3 aliphatic rings. The lowest BCUT2D eigenvalue weighted by Crippen LogP contribution is -2.69. The second-order valence-electron chi connectivity index (χ2n) is 8.51. The molecule has 0 bridgehead atoms. The van der Waals surface area contributed by atoms with E-state index in [1.807, 2.05) is 24.3 Å². The Kier molecular flexibility index (Phi) is 6.64. The number of hydrogen-bond acceptors (Lipinski definition) is 6. The average Bonchev–Trinajstić information content (AvgIpc) is 3.50. The summed E-state index contributed by atoms with van der Waals surface area (Å²) < 4.78 is 0. The highest BCUT2D eigenvalue weighted by atomic mass is 32.2. The standard InChI is InChI=1S/C24H28N4O2S2/c29-22(25-11-10-18-9-5-13-31-18)17-8-4-12-28(14-17)24-26-20-19(16-6-2-1-3-7-16)15-32-21(20)23(30)27-24/h1-3,5-7,9,13,15,17,20-21,24,26H,4,8,10-12,14H2,(H,25,29)(H,27,30). The Hall–Kier alpha value is -2.13. The monoisotopic (exact) mass is 468 g/mol. The molecular weight excluding hydrogens is 440 g/mol. The minimum Gasteiger partial charge on any atom is -0.355 e. The highest BCUT2D eigenvalue weighted by Crippen LogP contribution is 2.38. The fourth-order valence-electron chi connectivity index (χ4n) is 4.72. The van der Waals surface area contributed by atoms with Crippen molar-refractivity contribution in [2.24, 2.45) is 5.92 Å². The number of rotatable bonds is 6. The van der Waals surface area contributed by atoms with Gasteiger partial charge >= 0.3 is 0 Å². The number of nitrogens with one attached hydrogen (secondary N) is 3. The largest absolute Gasteiger partial charge is 0.355 e. The van der Waals surface area contributed by atoms with E-state index in [9.17, 15) is 9.59 Å². The molecular formula is C24H28N4O2S2. The topological polar surface area (TPSA) is 73.5 Å². The highest BCUT2D eigenvalue weighted by molar-refractivity contribution is 8.04. The Morgan fingerprint density at radius 3 is 2.88 bits per heavy atom. The van der Waals surface area contributed by atoms with Crippen molar-refractivity contribution in [1.82, 2.24) is 20.9 Å². The second-order valence-corrected chi connectivity index (χ2v) is 10.6. The van der Waals surface area contributed by atoms with E-state index in [4.69, 9.17) is 0 Å². The molecule has 6 nitrogen and oxygen atoms in total. The maximum atomic E-state index is 12.9. The van der Waals surface area contributed by atoms with Crippen molar-refractivity contribution in [3.8, 4) is 0 Å². The molecule has 0 saturated carbocycles. The molecule has 2 aromatic rings. The second kappa shape index (κ2) is 9.79. The van der Waals surface area contributed by atoms with Crippen molar-refractivity contribution in [1.29, 1.82) is 0 Å². The first-order valence-corrected chi connectivity index (χ1v) is 13.0. The van der Waals surface area contributed by atoms with Crippen LogP contribution in [0.5, 0.6) is 0 Å². The minimum absolute atomic E-state index is 0.0267. The van der Waals surface area contributed by atoms with Crippen molar-refractivity contribution in [2.75, 3.05) is 19.6 Å². The molecule has 0 aliphatic carbocycles. The molecule has 4 unspecified atom stereocenters. The molecule has 2 fully saturated rings. The molecule has 4 atom stereocenters. The summed E-state index contributed by atoms with van der Waals surface area (Å²) in [5.74, 6) is 0.131. The first-order chi connectivity index (χ1) is 15.7. The minimum atomic E-state index is -0.253. The van der Waals surface area contributed by atoms with Crippen LogP contribution in [-0.4, -0.2) is 53.9 Å². The fourth-order valence-corrected chi connectivity index (χ4v) is 6.58. The molecule has 32 heavy (non-hydrogen) atoms. The molecule has 1 aromatic heterocycles. The zero-order valence-electron chi connectivity index (χ0n) is 17.8. The van der Waals surface area contributed by atoms with Gasteiger partial charge in [-0.15, -0.1) is 23.1 Å². The van der Waals surface area contributed by atoms with Gasteiger partial charge in [0.25, 0.3) is 0 Å². The van der Waals surface area contributed by atoms with E-state index in [0.29, 0.717) is 13.1 Å². The number of carbonyl (C=O) groups excluding carboxylic acids is 2. The van der Waals surface area contributed by atoms with Crippen LogP contribution in [0.25, 0.3) is 5.57 Å². The van der Waals surface area contributed by atoms with Crippen molar-refractivity contribution < 1.29 is 9.59 Å². The fraction of sp³-hybridized carbons (Fsp3) is 0.417. The lowest BCUT2D eigenvalue weighted by atomic mass is 9.94. The predicted octanol–water partition coefficient (Wildman–Crippen LogP) is 2.65. The van der Waals surface area contributed by atoms with Crippen LogP contribution >= 0.6 is 23.1 Å². The first kappa shape index (κ1) is 21.7. The van der Waals surface area contributed by atoms with Crippen LogP contribution in [-0.2, 0) is 16.0 Å². The summed E-state index contributed by atoms with van der Waals surface area (Å²) in [6.07, 6.45) is 2.45. The summed E-state index contributed by atoms with van der Waals surface area (Å²) in [5.41, 5.74) is 2.32. The van der Waals surface area contributed by atoms with E-state index in [2.05, 4.69) is 49.8 Å². The van der Waals surface area contributed by atoms with Crippen molar-refractivity contribution in [3.63, 3.8) is 0 Å². The van der Waals surface area contributed by atoms with Gasteiger partial charge in [-0.25, -0.2) is 0 Å². The number of piperidine rings is 1. The number of benzene rings is 1. The van der Waals surface area contributed by atoms with Crippen LogP contribution < -0.4 is 16.0 Å². The first-order valence-electron chi connectivity index (χ1n) is 11.2. The Balaban J connectivity index is 1.20. The Morgan fingerprint density at radius 2 is 2.06 bits per heavy atom. The van der Waals surface area contributed by atoms with E-state index in [0.717, 1.165) is 31.4 Å². The summed E-state index contributed by atoms with van der Waals surface area (Å²) in [6, 6.07) is 14.4. The molecule has 5 rings (SSSR count). The van der Waals surface area contributed by atoms with Crippen molar-refractivity contribution in [2.45, 2.75) is 36.8 Å². The molecule has 4 heterocycles. The van der Waals surface area contributed by atoms with Gasteiger partial charge in [0.2, 0.25) is 11.8 Å². The van der Waals surface area contributed by atoms with Gasteiger partial charge in [0.15, 0.2) is 0 Å². The molecule has 0 spiro atoms. The van der Waals surface area contributed by atoms with Crippen LogP contribution in [0.4, 0.5) is 0 Å². The summed E-state index contributed by atoms with van der Waals surface area (Å²) in [5, 5.41) is 13.9. The summed E-state index contributed by atoms with van der Waals surface area (Å²) in [4.78, 5) is 29.2. The summed E-state index contributed by atoms with van der Waals surface area (Å²) in [6.45, 7) is 2.18. The number of thioether (sulfide) groups is 1. The number of thiophene rings is 1. The van der Waals surface area contributed by atoms with Crippen LogP contribution in [0.2, 0.25) is 0 Å². The predicted molar refractivity (Wildman–Crippen MR) is 130 cm³/mol. The van der Waals surface area contributed by atoms with Gasteiger partial charge < -0.3 is 10.6 Å². The molecule has 2 saturated heterocycles. The number of fused-ring (bicyclic) bond motifs is 1. The smallest absolute Gasteiger partial charge is 0.237 e. The number of likely N-dealkylation sites (tertiary alicyclic amines) is 1. The third-order valence-corrected chi connectivity index (χ3v) is 8.51. The lowest BCUT2D eigenvalue weighted by Gasteiger charge is -2.43. The van der Waals surface area contributed by atoms with E-state index in [1.54, 1.807) is 23.1 Å². The third-order valence-electron chi connectivity index (χ3n) is 6.40. The lowest BCUT2D eigenvalue weighted by molar-refractivity contribution is -0.129. The SMILES string of the molecule is O=C(NCCc1cccs1)C1CCCN(C2NC(=O)C3SC=C(c4ccccc4)C3N2)C1. The van der Waals surface area contributed by atoms with Gasteiger partial charge in [-0.05, 0) is 47.3 Å². The van der Waals surface area contributed by atoms with Gasteiger partial charge in [0.05, 0.1) is 12.0 Å². The van der Waals surface area contributed by atoms with Gasteiger partial charge in [-0.1, -0.05) is 36.4 Å². The molecule has 2 amide bonds. The maximum Gasteiger partial charge on any atom is 0.237 e. The Labute approximate surface area is 196 Å². The quantitative estimate of drug-likeness (QED) is 0.608. The van der Waals surface area contributed by atoms with E-state index < -0.39 is 0 Å². The van der Waals surface area contributed by atoms with Gasteiger partial charge in [0.1, 0.15) is 11.5 Å². The highest BCUT2D eigenvalue weighted by Gasteiger charge is 2.44. The van der Waals surface area contributed by atoms with Crippen LogP contribution in [0.1, 0.15) is 23.3 Å². The van der Waals surface area contributed by atoms with Crippen molar-refractivity contribution in [3.05, 3.63) is 63.7 Å². The third kappa shape index (κ3) is 4.64. The molecule has 3 aliphatic heterocycles. The summed E-state index contributed by atoms with van der Waals surface area (Å²) >= 11 is 3.30. The van der Waals surface area contributed by atoms with Crippen molar-refractivity contribution >= 4 is 40.5 Å². The van der Waals surface area contributed by atoms with E-state index in [-0.39, 0.29) is 35.3 Å². The normalized spacial score (nSPS) is 28.0. The average molecular weight is 469 g/mol. The Morgan fingerprint density at radius 1 is 1.19 bits per heavy atom. The molecule has 3 N–H and O–H groups in total. The molecule has 0 radical (unpaired) electrons. The van der Waals surface area contributed by atoms with E-state index >= 15 is 0 Å². The molecule has 8 heteroatoms. The molecule has 168 valence electrons. The number of carbonyl (C=O) groups is 2. The zero-order valence-corrected chi connectivity index (χ0v) is 19.5. The van der Waals surface area contributed by atoms with Crippen LogP contribution in [0.15, 0.2) is 53.3 Å². The summed E-state index contributed by atoms with van der Waals surface area (Å²) in [7, 11) is 0.